The van der Waals surface area contributed by atoms with Crippen molar-refractivity contribution < 1.29 is 13.6 Å². The molecule has 0 saturated heterocycles. The fraction of sp³-hybridized carbons (Fsp3) is 0.417. The molecule has 1 rings (SSSR count). The molecular formula is C12H14BrF2NO. The summed E-state index contributed by atoms with van der Waals surface area (Å²) >= 11 is 3.28. The monoisotopic (exact) mass is 305 g/mol. The average molecular weight is 306 g/mol. The Hall–Kier alpha value is -0.970. The summed E-state index contributed by atoms with van der Waals surface area (Å²) in [5, 5.41) is 3.42. The average Bonchev–Trinajstić information content (AvgIpc) is 2.31. The Balaban J connectivity index is 2.79. The molecule has 0 heterocycles. The predicted molar refractivity (Wildman–Crippen MR) is 66.3 cm³/mol. The molecule has 1 N–H and O–H groups in total. The summed E-state index contributed by atoms with van der Waals surface area (Å²) in [4.78, 5) is 11.7. The minimum atomic E-state index is -1.10. The first-order chi connectivity index (χ1) is 8.10. The van der Waals surface area contributed by atoms with Gasteiger partial charge in [-0.3, -0.25) is 4.79 Å². The molecule has 1 unspecified atom stereocenters. The molecule has 94 valence electrons. The topological polar surface area (TPSA) is 29.1 Å². The number of halogens is 3. The van der Waals surface area contributed by atoms with Crippen LogP contribution in [0, 0.1) is 11.6 Å². The molecule has 1 atom stereocenters. The van der Waals surface area contributed by atoms with Crippen molar-refractivity contribution in [2.24, 2.45) is 0 Å². The molecule has 1 amide bonds. The van der Waals surface area contributed by atoms with Crippen molar-refractivity contribution in [2.45, 2.75) is 25.8 Å². The lowest BCUT2D eigenvalue weighted by atomic mass is 10.1. The van der Waals surface area contributed by atoms with E-state index in [1.165, 1.54) is 12.1 Å². The summed E-state index contributed by atoms with van der Waals surface area (Å²) in [7, 11) is 0. The lowest BCUT2D eigenvalue weighted by Gasteiger charge is -2.15. The molecule has 0 saturated carbocycles. The van der Waals surface area contributed by atoms with Gasteiger partial charge < -0.3 is 5.32 Å². The highest BCUT2D eigenvalue weighted by atomic mass is 79.9. The predicted octanol–water partition coefficient (Wildman–Crippen LogP) is 3.26. The lowest BCUT2D eigenvalue weighted by Crippen LogP contribution is -2.35. The van der Waals surface area contributed by atoms with Crippen LogP contribution in [0.2, 0.25) is 0 Å². The van der Waals surface area contributed by atoms with Crippen LogP contribution in [-0.2, 0) is 0 Å². The smallest absolute Gasteiger partial charge is 0.254 e. The highest BCUT2D eigenvalue weighted by Gasteiger charge is 2.17. The summed E-state index contributed by atoms with van der Waals surface area (Å²) in [5.74, 6) is -2.68. The summed E-state index contributed by atoms with van der Waals surface area (Å²) in [6.45, 7) is 1.93. The summed E-state index contributed by atoms with van der Waals surface area (Å²) in [6.07, 6.45) is 1.49. The normalized spacial score (nSPS) is 12.2. The van der Waals surface area contributed by atoms with Crippen molar-refractivity contribution in [3.63, 3.8) is 0 Å². The number of amides is 1. The Bertz CT molecular complexity index is 398. The van der Waals surface area contributed by atoms with E-state index in [9.17, 15) is 13.6 Å². The fourth-order valence-electron chi connectivity index (χ4n) is 1.45. The van der Waals surface area contributed by atoms with Crippen molar-refractivity contribution in [2.75, 3.05) is 5.33 Å². The van der Waals surface area contributed by atoms with Crippen LogP contribution in [0.15, 0.2) is 18.2 Å². The zero-order chi connectivity index (χ0) is 12.8. The van der Waals surface area contributed by atoms with Gasteiger partial charge in [-0.1, -0.05) is 28.9 Å². The van der Waals surface area contributed by atoms with Crippen LogP contribution in [0.25, 0.3) is 0 Å². The van der Waals surface area contributed by atoms with E-state index in [4.69, 9.17) is 0 Å². The van der Waals surface area contributed by atoms with Gasteiger partial charge in [0.2, 0.25) is 0 Å². The number of carbonyl (C=O) groups is 1. The SMILES string of the molecule is CCC(CCBr)NC(=O)c1cccc(F)c1F. The number of nitrogens with one attached hydrogen (secondary N) is 1. The second-order valence-corrected chi connectivity index (χ2v) is 4.45. The first-order valence-electron chi connectivity index (χ1n) is 5.41. The molecule has 0 aliphatic rings. The highest BCUT2D eigenvalue weighted by molar-refractivity contribution is 9.09. The first kappa shape index (κ1) is 14.1. The van der Waals surface area contributed by atoms with Crippen LogP contribution in [0.1, 0.15) is 30.1 Å². The Morgan fingerprint density at radius 2 is 2.18 bits per heavy atom. The van der Waals surface area contributed by atoms with E-state index < -0.39 is 17.5 Å². The van der Waals surface area contributed by atoms with Gasteiger partial charge in [-0.05, 0) is 25.0 Å². The lowest BCUT2D eigenvalue weighted by molar-refractivity contribution is 0.0930. The molecular weight excluding hydrogens is 292 g/mol. The van der Waals surface area contributed by atoms with Gasteiger partial charge in [-0.25, -0.2) is 8.78 Å². The van der Waals surface area contributed by atoms with Crippen molar-refractivity contribution in [1.29, 1.82) is 0 Å². The molecule has 0 radical (unpaired) electrons. The number of benzene rings is 1. The molecule has 0 fully saturated rings. The Morgan fingerprint density at radius 3 is 2.76 bits per heavy atom. The molecule has 0 aliphatic carbocycles. The zero-order valence-corrected chi connectivity index (χ0v) is 11.1. The van der Waals surface area contributed by atoms with Crippen molar-refractivity contribution in [3.8, 4) is 0 Å². The van der Waals surface area contributed by atoms with Gasteiger partial charge in [-0.15, -0.1) is 0 Å². The Labute approximate surface area is 108 Å². The van der Waals surface area contributed by atoms with Gasteiger partial charge >= 0.3 is 0 Å². The van der Waals surface area contributed by atoms with Gasteiger partial charge in [-0.2, -0.15) is 0 Å². The Kier molecular flexibility index (Phi) is 5.55. The van der Waals surface area contributed by atoms with E-state index in [-0.39, 0.29) is 11.6 Å². The van der Waals surface area contributed by atoms with Crippen molar-refractivity contribution >= 4 is 21.8 Å². The van der Waals surface area contributed by atoms with Crippen LogP contribution in [0.5, 0.6) is 0 Å². The van der Waals surface area contributed by atoms with Gasteiger partial charge in [0.15, 0.2) is 11.6 Å². The first-order valence-corrected chi connectivity index (χ1v) is 6.53. The van der Waals surface area contributed by atoms with E-state index >= 15 is 0 Å². The summed E-state index contributed by atoms with van der Waals surface area (Å²) in [6, 6.07) is 3.54. The third-order valence-corrected chi connectivity index (χ3v) is 2.94. The van der Waals surface area contributed by atoms with E-state index in [2.05, 4.69) is 21.2 Å². The highest BCUT2D eigenvalue weighted by Crippen LogP contribution is 2.12. The maximum absolute atomic E-state index is 13.3. The number of hydrogen-bond donors (Lipinski definition) is 1. The second-order valence-electron chi connectivity index (χ2n) is 3.66. The van der Waals surface area contributed by atoms with Crippen molar-refractivity contribution in [1.82, 2.24) is 5.32 Å². The number of hydrogen-bond acceptors (Lipinski definition) is 1. The molecule has 17 heavy (non-hydrogen) atoms. The molecule has 0 bridgehead atoms. The summed E-state index contributed by atoms with van der Waals surface area (Å²) in [5.41, 5.74) is -0.252. The van der Waals surface area contributed by atoms with E-state index in [0.717, 1.165) is 24.2 Å². The largest absolute Gasteiger partial charge is 0.349 e. The molecule has 0 aromatic heterocycles. The van der Waals surface area contributed by atoms with Gasteiger partial charge in [0.05, 0.1) is 5.56 Å². The quantitative estimate of drug-likeness (QED) is 0.831. The van der Waals surface area contributed by atoms with Gasteiger partial charge in [0.25, 0.3) is 5.91 Å². The maximum atomic E-state index is 13.3. The molecule has 0 spiro atoms. The maximum Gasteiger partial charge on any atom is 0.254 e. The molecule has 0 aliphatic heterocycles. The molecule has 1 aromatic carbocycles. The van der Waals surface area contributed by atoms with Gasteiger partial charge in [0, 0.05) is 11.4 Å². The van der Waals surface area contributed by atoms with Crippen LogP contribution in [0.4, 0.5) is 8.78 Å². The minimum Gasteiger partial charge on any atom is -0.349 e. The number of rotatable bonds is 5. The van der Waals surface area contributed by atoms with Crippen LogP contribution >= 0.6 is 15.9 Å². The number of carbonyl (C=O) groups excluding carboxylic acids is 1. The molecule has 5 heteroatoms. The fourth-order valence-corrected chi connectivity index (χ4v) is 2.01. The standard InChI is InChI=1S/C12H14BrF2NO/c1-2-8(6-7-13)16-12(17)9-4-3-5-10(14)11(9)15/h3-5,8H,2,6-7H2,1H3,(H,16,17). The van der Waals surface area contributed by atoms with E-state index in [1.54, 1.807) is 0 Å². The zero-order valence-electron chi connectivity index (χ0n) is 9.47. The summed E-state index contributed by atoms with van der Waals surface area (Å²) < 4.78 is 26.3. The third-order valence-electron chi connectivity index (χ3n) is 2.48. The van der Waals surface area contributed by atoms with E-state index in [0.29, 0.717) is 0 Å². The van der Waals surface area contributed by atoms with Crippen LogP contribution in [0.3, 0.4) is 0 Å². The number of alkyl halides is 1. The molecule has 1 aromatic rings. The molecule has 2 nitrogen and oxygen atoms in total. The van der Waals surface area contributed by atoms with Crippen LogP contribution in [-0.4, -0.2) is 17.3 Å². The third kappa shape index (κ3) is 3.77. The van der Waals surface area contributed by atoms with Crippen LogP contribution < -0.4 is 5.32 Å². The minimum absolute atomic E-state index is 0.0375. The second kappa shape index (κ2) is 6.69. The Morgan fingerprint density at radius 1 is 1.47 bits per heavy atom. The van der Waals surface area contributed by atoms with Crippen molar-refractivity contribution in [3.05, 3.63) is 35.4 Å². The van der Waals surface area contributed by atoms with Gasteiger partial charge in [0.1, 0.15) is 0 Å². The van der Waals surface area contributed by atoms with E-state index in [1.807, 2.05) is 6.92 Å².